The first-order valence-corrected chi connectivity index (χ1v) is 9.01. The molecule has 0 N–H and O–H groups in total. The quantitative estimate of drug-likeness (QED) is 0.434. The molecule has 3 heterocycles. The molecule has 3 aromatic rings. The number of carbonyl (C=O) groups excluding carboxylic acids is 1. The summed E-state index contributed by atoms with van der Waals surface area (Å²) >= 11 is 10.2. The van der Waals surface area contributed by atoms with Gasteiger partial charge in [0.1, 0.15) is 5.76 Å². The van der Waals surface area contributed by atoms with Gasteiger partial charge in [0.05, 0.1) is 22.4 Å². The Morgan fingerprint density at radius 1 is 1.25 bits per heavy atom. The van der Waals surface area contributed by atoms with Gasteiger partial charge in [-0.1, -0.05) is 46.0 Å². The van der Waals surface area contributed by atoms with Crippen molar-refractivity contribution in [2.45, 2.75) is 0 Å². The van der Waals surface area contributed by atoms with Gasteiger partial charge in [-0.3, -0.25) is 14.7 Å². The minimum atomic E-state index is -0.171. The summed E-state index contributed by atoms with van der Waals surface area (Å²) in [7, 11) is 0. The molecule has 0 aliphatic carbocycles. The number of hydrogen-bond donors (Lipinski definition) is 0. The van der Waals surface area contributed by atoms with E-state index in [1.165, 1.54) is 16.7 Å². The van der Waals surface area contributed by atoms with E-state index in [9.17, 15) is 4.79 Å². The van der Waals surface area contributed by atoms with Gasteiger partial charge in [-0.2, -0.15) is 0 Å². The Kier molecular flexibility index (Phi) is 3.99. The van der Waals surface area contributed by atoms with Crippen LogP contribution in [0.5, 0.6) is 0 Å². The van der Waals surface area contributed by atoms with Crippen molar-refractivity contribution in [2.24, 2.45) is 0 Å². The molecule has 0 saturated carbocycles. The summed E-state index contributed by atoms with van der Waals surface area (Å²) in [5.74, 6) is 0.449. The van der Waals surface area contributed by atoms with Crippen molar-refractivity contribution in [1.29, 1.82) is 0 Å². The van der Waals surface area contributed by atoms with Crippen LogP contribution in [0.15, 0.2) is 62.7 Å². The molecular weight excluding hydrogens is 408 g/mol. The summed E-state index contributed by atoms with van der Waals surface area (Å²) in [6.07, 6.45) is 4.97. The fourth-order valence-corrected chi connectivity index (χ4v) is 4.20. The van der Waals surface area contributed by atoms with Crippen LogP contribution in [0.3, 0.4) is 0 Å². The van der Waals surface area contributed by atoms with Gasteiger partial charge in [-0.15, -0.1) is 0 Å². The summed E-state index contributed by atoms with van der Waals surface area (Å²) in [4.78, 5) is 19.3. The van der Waals surface area contributed by atoms with E-state index in [0.717, 1.165) is 15.4 Å². The number of thioether (sulfide) groups is 1. The van der Waals surface area contributed by atoms with Gasteiger partial charge < -0.3 is 4.42 Å². The number of hydrogen-bond acceptors (Lipinski definition) is 5. The number of pyridine rings is 1. The Morgan fingerprint density at radius 2 is 2.12 bits per heavy atom. The number of amides is 1. The third-order valence-electron chi connectivity index (χ3n) is 3.55. The smallest absolute Gasteiger partial charge is 0.270 e. The molecule has 0 radical (unpaired) electrons. The largest absolute Gasteiger partial charge is 0.465 e. The molecule has 1 aromatic carbocycles. The molecule has 1 fully saturated rings. The number of benzene rings is 1. The van der Waals surface area contributed by atoms with E-state index in [1.54, 1.807) is 30.7 Å². The molecule has 1 aliphatic heterocycles. The first-order valence-electron chi connectivity index (χ1n) is 7.00. The lowest BCUT2D eigenvalue weighted by Crippen LogP contribution is -2.27. The van der Waals surface area contributed by atoms with Gasteiger partial charge in [0.15, 0.2) is 4.32 Å². The Labute approximate surface area is 155 Å². The van der Waals surface area contributed by atoms with E-state index in [1.807, 2.05) is 24.3 Å². The molecule has 1 aliphatic rings. The number of furan rings is 1. The first-order chi connectivity index (χ1) is 11.6. The third-order valence-corrected chi connectivity index (χ3v) is 5.54. The Balaban J connectivity index is 1.82. The van der Waals surface area contributed by atoms with Gasteiger partial charge in [0.25, 0.3) is 5.91 Å². The van der Waals surface area contributed by atoms with Crippen molar-refractivity contribution >= 4 is 72.8 Å². The van der Waals surface area contributed by atoms with Gasteiger partial charge in [-0.05, 0) is 30.3 Å². The zero-order valence-corrected chi connectivity index (χ0v) is 15.3. The highest BCUT2D eigenvalue weighted by atomic mass is 79.9. The fraction of sp³-hybridized carbons (Fsp3) is 0. The van der Waals surface area contributed by atoms with E-state index in [-0.39, 0.29) is 5.91 Å². The number of thiocarbonyl (C=S) groups is 1. The number of carbonyl (C=O) groups is 1. The summed E-state index contributed by atoms with van der Waals surface area (Å²) in [6, 6.07) is 11.1. The lowest BCUT2D eigenvalue weighted by atomic mass is 10.2. The van der Waals surface area contributed by atoms with Crippen LogP contribution < -0.4 is 4.90 Å². The summed E-state index contributed by atoms with van der Waals surface area (Å²) in [5.41, 5.74) is 1.40. The van der Waals surface area contributed by atoms with Gasteiger partial charge in [0, 0.05) is 22.1 Å². The zero-order valence-electron chi connectivity index (χ0n) is 12.1. The second-order valence-corrected chi connectivity index (χ2v) is 7.53. The summed E-state index contributed by atoms with van der Waals surface area (Å²) in [6.45, 7) is 0. The second kappa shape index (κ2) is 6.16. The van der Waals surface area contributed by atoms with E-state index >= 15 is 0 Å². The molecule has 0 spiro atoms. The Morgan fingerprint density at radius 3 is 2.92 bits per heavy atom. The lowest BCUT2D eigenvalue weighted by Gasteiger charge is -2.16. The van der Waals surface area contributed by atoms with Crippen molar-refractivity contribution in [3.05, 3.63) is 64.0 Å². The highest BCUT2D eigenvalue weighted by Gasteiger charge is 2.34. The second-order valence-electron chi connectivity index (χ2n) is 5.00. The molecule has 1 saturated heterocycles. The van der Waals surface area contributed by atoms with Crippen molar-refractivity contribution < 1.29 is 9.21 Å². The SMILES string of the molecule is O=C1/C(=C/c2ccco2)SC(=S)N1c1ccc(Br)c2cccnc12. The number of anilines is 1. The van der Waals surface area contributed by atoms with Crippen LogP contribution in [-0.2, 0) is 4.79 Å². The molecule has 0 unspecified atom stereocenters. The molecule has 4 nitrogen and oxygen atoms in total. The maximum absolute atomic E-state index is 12.8. The normalized spacial score (nSPS) is 16.5. The van der Waals surface area contributed by atoms with Crippen LogP contribution in [0.1, 0.15) is 5.76 Å². The molecule has 24 heavy (non-hydrogen) atoms. The average Bonchev–Trinajstić information content (AvgIpc) is 3.18. The molecular formula is C17H9BrN2O2S2. The summed E-state index contributed by atoms with van der Waals surface area (Å²) in [5, 5.41) is 0.930. The van der Waals surface area contributed by atoms with Gasteiger partial charge >= 0.3 is 0 Å². The minimum absolute atomic E-state index is 0.171. The van der Waals surface area contributed by atoms with Crippen LogP contribution in [-0.4, -0.2) is 15.2 Å². The molecule has 0 atom stereocenters. The highest BCUT2D eigenvalue weighted by molar-refractivity contribution is 9.10. The molecule has 7 heteroatoms. The topological polar surface area (TPSA) is 46.3 Å². The molecule has 0 bridgehead atoms. The molecule has 4 rings (SSSR count). The average molecular weight is 417 g/mol. The number of aromatic nitrogens is 1. The Hall–Kier alpha value is -1.96. The zero-order chi connectivity index (χ0) is 16.7. The molecule has 2 aromatic heterocycles. The lowest BCUT2D eigenvalue weighted by molar-refractivity contribution is -0.113. The third kappa shape index (κ3) is 2.58. The maximum Gasteiger partial charge on any atom is 0.270 e. The van der Waals surface area contributed by atoms with Crippen molar-refractivity contribution in [1.82, 2.24) is 4.98 Å². The van der Waals surface area contributed by atoms with E-state index in [2.05, 4.69) is 20.9 Å². The van der Waals surface area contributed by atoms with Crippen LogP contribution in [0.2, 0.25) is 0 Å². The van der Waals surface area contributed by atoms with Crippen molar-refractivity contribution in [2.75, 3.05) is 4.90 Å². The van der Waals surface area contributed by atoms with Crippen LogP contribution in [0.4, 0.5) is 5.69 Å². The number of halogens is 1. The number of rotatable bonds is 2. The van der Waals surface area contributed by atoms with Gasteiger partial charge in [-0.25, -0.2) is 0 Å². The molecule has 118 valence electrons. The number of nitrogens with zero attached hydrogens (tertiary/aromatic N) is 2. The highest BCUT2D eigenvalue weighted by Crippen LogP contribution is 2.39. The van der Waals surface area contributed by atoms with E-state index in [0.29, 0.717) is 20.7 Å². The monoisotopic (exact) mass is 416 g/mol. The Bertz CT molecular complexity index is 999. The van der Waals surface area contributed by atoms with Crippen LogP contribution in [0.25, 0.3) is 17.0 Å². The predicted molar refractivity (Wildman–Crippen MR) is 104 cm³/mol. The fourth-order valence-electron chi connectivity index (χ4n) is 2.48. The van der Waals surface area contributed by atoms with E-state index in [4.69, 9.17) is 16.6 Å². The van der Waals surface area contributed by atoms with Crippen molar-refractivity contribution in [3.63, 3.8) is 0 Å². The number of fused-ring (bicyclic) bond motifs is 1. The van der Waals surface area contributed by atoms with E-state index < -0.39 is 0 Å². The maximum atomic E-state index is 12.8. The van der Waals surface area contributed by atoms with Gasteiger partial charge in [0.2, 0.25) is 0 Å². The van der Waals surface area contributed by atoms with Crippen LogP contribution >= 0.6 is 39.9 Å². The molecule has 1 amide bonds. The van der Waals surface area contributed by atoms with Crippen molar-refractivity contribution in [3.8, 4) is 0 Å². The van der Waals surface area contributed by atoms with Crippen LogP contribution in [0, 0.1) is 0 Å². The predicted octanol–water partition coefficient (Wildman–Crippen LogP) is 5.00. The first kappa shape index (κ1) is 15.6. The summed E-state index contributed by atoms with van der Waals surface area (Å²) < 4.78 is 6.68. The standard InChI is InChI=1S/C17H9BrN2O2S2/c18-12-5-6-13(15-11(12)4-1-7-19-15)20-16(21)14(24-17(20)23)9-10-3-2-8-22-10/h1-9H/b14-9-. The minimum Gasteiger partial charge on any atom is -0.465 e.